The molecule has 11 atom stereocenters. The van der Waals surface area contributed by atoms with Crippen LogP contribution in [0.5, 0.6) is 0 Å². The molecule has 0 aromatic carbocycles. The molecule has 0 amide bonds. The monoisotopic (exact) mass is 448 g/mol. The maximum absolute atomic E-state index is 13.5. The van der Waals surface area contributed by atoms with Crippen LogP contribution in [-0.4, -0.2) is 61.2 Å². The average molecular weight is 448 g/mol. The number of carboxylic acids is 1. The van der Waals surface area contributed by atoms with Crippen molar-refractivity contribution in [2.75, 3.05) is 5.75 Å². The summed E-state index contributed by atoms with van der Waals surface area (Å²) in [5, 5.41) is 32.9. The number of carbonyl (C=O) groups excluding carboxylic acids is 2. The Morgan fingerprint density at radius 1 is 1.16 bits per heavy atom. The van der Waals surface area contributed by atoms with Gasteiger partial charge in [0.25, 0.3) is 0 Å². The third-order valence-corrected chi connectivity index (χ3v) is 11.9. The summed E-state index contributed by atoms with van der Waals surface area (Å²) >= 11 is 1.31. The second-order valence-electron chi connectivity index (χ2n) is 11.1. The molecule has 31 heavy (non-hydrogen) atoms. The predicted molar refractivity (Wildman–Crippen MR) is 104 cm³/mol. The van der Waals surface area contributed by atoms with E-state index >= 15 is 0 Å². The number of hydrogen-bond donors (Lipinski definition) is 3. The van der Waals surface area contributed by atoms with Gasteiger partial charge in [0.2, 0.25) is 5.79 Å². The van der Waals surface area contributed by atoms with Gasteiger partial charge < -0.3 is 24.8 Å². The van der Waals surface area contributed by atoms with E-state index in [0.29, 0.717) is 19.3 Å². The highest BCUT2D eigenvalue weighted by Gasteiger charge is 2.95. The lowest BCUT2D eigenvalue weighted by Crippen LogP contribution is -2.69. The quantitative estimate of drug-likeness (QED) is 0.392. The first-order chi connectivity index (χ1) is 14.5. The van der Waals surface area contributed by atoms with Crippen LogP contribution in [0.25, 0.3) is 0 Å². The summed E-state index contributed by atoms with van der Waals surface area (Å²) in [5.74, 6) is -7.77. The zero-order valence-corrected chi connectivity index (χ0v) is 17.8. The topological polar surface area (TPSA) is 130 Å². The summed E-state index contributed by atoms with van der Waals surface area (Å²) in [6.07, 6.45) is 2.80. The lowest BCUT2D eigenvalue weighted by atomic mass is 9.52. The number of carboxylic acid groups (broad SMARTS) is 1. The van der Waals surface area contributed by atoms with E-state index in [1.807, 2.05) is 0 Å². The third kappa shape index (κ3) is 1.52. The van der Waals surface area contributed by atoms with Crippen molar-refractivity contribution in [3.8, 4) is 0 Å². The number of carbonyl (C=O) groups is 3. The fraction of sp³-hybridized carbons (Fsp3) is 0.773. The van der Waals surface area contributed by atoms with Crippen LogP contribution in [-0.2, 0) is 23.9 Å². The molecule has 0 radical (unpaired) electrons. The molecule has 7 fully saturated rings. The maximum atomic E-state index is 13.5. The van der Waals surface area contributed by atoms with Crippen molar-refractivity contribution in [1.82, 2.24) is 0 Å². The Morgan fingerprint density at radius 2 is 1.90 bits per heavy atom. The molecule has 3 aliphatic heterocycles. The van der Waals surface area contributed by atoms with E-state index in [1.54, 1.807) is 0 Å². The van der Waals surface area contributed by atoms with Crippen LogP contribution in [0, 0.1) is 40.4 Å². The van der Waals surface area contributed by atoms with Gasteiger partial charge in [-0.2, -0.15) is 11.8 Å². The van der Waals surface area contributed by atoms with Gasteiger partial charge in [0.1, 0.15) is 11.0 Å². The Balaban J connectivity index is 1.55. The molecular formula is C22H24O8S. The number of rotatable bonds is 1. The Morgan fingerprint density at radius 3 is 2.61 bits per heavy atom. The molecule has 0 aromatic heterocycles. The summed E-state index contributed by atoms with van der Waals surface area (Å²) in [5.41, 5.74) is -4.41. The number of hydrogen-bond acceptors (Lipinski definition) is 8. The number of allylic oxidation sites excluding steroid dienone is 1. The van der Waals surface area contributed by atoms with E-state index in [0.717, 1.165) is 12.0 Å². The smallest absolute Gasteiger partial charge is 0.342 e. The van der Waals surface area contributed by atoms with Crippen LogP contribution in [0.15, 0.2) is 12.2 Å². The molecular weight excluding hydrogens is 424 g/mol. The molecule has 7 rings (SSSR count). The number of thioether (sulfide) groups is 1. The number of aliphatic hydroxyl groups is 2. The Kier molecular flexibility index (Phi) is 2.96. The number of aliphatic carboxylic acids is 1. The number of esters is 2. The van der Waals surface area contributed by atoms with Crippen LogP contribution < -0.4 is 0 Å². The van der Waals surface area contributed by atoms with Gasteiger partial charge in [0.05, 0.1) is 17.1 Å². The Labute approximate surface area is 182 Å². The van der Waals surface area contributed by atoms with E-state index in [9.17, 15) is 29.7 Å². The maximum Gasteiger partial charge on any atom is 0.342 e. The fourth-order valence-electron chi connectivity index (χ4n) is 9.39. The van der Waals surface area contributed by atoms with Gasteiger partial charge in [0.15, 0.2) is 5.60 Å². The van der Waals surface area contributed by atoms with E-state index in [-0.39, 0.29) is 17.6 Å². The van der Waals surface area contributed by atoms with Crippen LogP contribution in [0.2, 0.25) is 0 Å². The van der Waals surface area contributed by atoms with Crippen molar-refractivity contribution >= 4 is 29.7 Å². The van der Waals surface area contributed by atoms with E-state index < -0.39 is 68.7 Å². The van der Waals surface area contributed by atoms with Crippen LogP contribution in [0.4, 0.5) is 0 Å². The first-order valence-corrected chi connectivity index (χ1v) is 12.0. The standard InChI is InChI=1S/C22H24O8S/c1-8-5-19-6-9(8)3-4-10(19)21-12(11(19)15(23)24)18(2,16(25)29-21)22(28)13-14(21)31-7-20(13,27)17(26)30-22/h9-14,27-28H,1,3-7H2,2H3,(H,23,24)/t9-,10-,11-,12-,13-,14-,18-,19+,20-,21-,22+/m1/s1. The molecule has 8 nitrogen and oxygen atoms in total. The minimum atomic E-state index is -2.30. The van der Waals surface area contributed by atoms with Crippen molar-refractivity contribution in [2.24, 2.45) is 40.4 Å². The molecule has 4 bridgehead atoms. The highest BCUT2D eigenvalue weighted by molar-refractivity contribution is 8.00. The van der Waals surface area contributed by atoms with Crippen molar-refractivity contribution < 1.29 is 39.2 Å². The van der Waals surface area contributed by atoms with Crippen LogP contribution >= 0.6 is 11.8 Å². The molecule has 166 valence electrons. The Bertz CT molecular complexity index is 1030. The first kappa shape index (κ1) is 18.9. The Hall–Kier alpha value is -1.58. The summed E-state index contributed by atoms with van der Waals surface area (Å²) in [4.78, 5) is 39.0. The molecule has 4 saturated carbocycles. The predicted octanol–water partition coefficient (Wildman–Crippen LogP) is 0.703. The van der Waals surface area contributed by atoms with Gasteiger partial charge in [0, 0.05) is 17.6 Å². The van der Waals surface area contributed by atoms with Gasteiger partial charge in [-0.1, -0.05) is 12.2 Å². The second-order valence-corrected chi connectivity index (χ2v) is 12.2. The summed E-state index contributed by atoms with van der Waals surface area (Å²) in [6.45, 7) is 5.71. The van der Waals surface area contributed by atoms with Crippen LogP contribution in [0.1, 0.15) is 32.6 Å². The highest BCUT2D eigenvalue weighted by atomic mass is 32.2. The number of ether oxygens (including phenoxy) is 2. The summed E-state index contributed by atoms with van der Waals surface area (Å²) in [6, 6.07) is 0. The molecule has 0 aromatic rings. The molecule has 3 heterocycles. The van der Waals surface area contributed by atoms with Crippen molar-refractivity contribution in [3.63, 3.8) is 0 Å². The van der Waals surface area contributed by atoms with Gasteiger partial charge in [-0.3, -0.25) is 9.59 Å². The molecule has 7 aliphatic rings. The minimum Gasteiger partial charge on any atom is -0.481 e. The number of fused-ring (bicyclic) bond motifs is 2. The lowest BCUT2D eigenvalue weighted by molar-refractivity contribution is -0.281. The van der Waals surface area contributed by atoms with Crippen molar-refractivity contribution in [3.05, 3.63) is 12.2 Å². The van der Waals surface area contributed by atoms with Gasteiger partial charge >= 0.3 is 17.9 Å². The molecule has 0 unspecified atom stereocenters. The largest absolute Gasteiger partial charge is 0.481 e. The molecule has 9 heteroatoms. The molecule has 3 saturated heterocycles. The van der Waals surface area contributed by atoms with E-state index in [2.05, 4.69) is 6.58 Å². The average Bonchev–Trinajstić information content (AvgIpc) is 3.36. The second kappa shape index (κ2) is 4.84. The normalized spacial score (nSPS) is 62.2. The molecule has 1 spiro atoms. The van der Waals surface area contributed by atoms with Crippen molar-refractivity contribution in [2.45, 2.75) is 54.8 Å². The zero-order chi connectivity index (χ0) is 21.9. The highest BCUT2D eigenvalue weighted by Crippen LogP contribution is 2.83. The van der Waals surface area contributed by atoms with Gasteiger partial charge in [-0.05, 0) is 43.9 Å². The molecule has 4 aliphatic carbocycles. The fourth-order valence-corrected chi connectivity index (χ4v) is 11.3. The van der Waals surface area contributed by atoms with Gasteiger partial charge in [-0.15, -0.1) is 0 Å². The first-order valence-electron chi connectivity index (χ1n) is 10.9. The third-order valence-electron chi connectivity index (χ3n) is 10.3. The van der Waals surface area contributed by atoms with Crippen LogP contribution in [0.3, 0.4) is 0 Å². The summed E-state index contributed by atoms with van der Waals surface area (Å²) < 4.78 is 11.6. The minimum absolute atomic E-state index is 0.0262. The van der Waals surface area contributed by atoms with E-state index in [4.69, 9.17) is 9.47 Å². The lowest BCUT2D eigenvalue weighted by Gasteiger charge is -2.53. The zero-order valence-electron chi connectivity index (χ0n) is 17.0. The van der Waals surface area contributed by atoms with E-state index in [1.165, 1.54) is 18.7 Å². The summed E-state index contributed by atoms with van der Waals surface area (Å²) in [7, 11) is 0. The molecule has 3 N–H and O–H groups in total. The van der Waals surface area contributed by atoms with Crippen molar-refractivity contribution in [1.29, 1.82) is 0 Å². The van der Waals surface area contributed by atoms with Gasteiger partial charge in [-0.25, -0.2) is 4.79 Å². The SMILES string of the molecule is C=C1C[C@]23C[C@H]1CC[C@H]2[C@@]12OC(=O)[C@@](C)([C@H]1[C@@H]3C(=O)O)[C@@]1(O)OC(=O)[C@@]3(O)CS[C@@H]2[C@@H]13.